The highest BCUT2D eigenvalue weighted by atomic mass is 16.3. The van der Waals surface area contributed by atoms with Crippen molar-refractivity contribution >= 4 is 61.1 Å². The number of furan rings is 1. The molecule has 0 radical (unpaired) electrons. The van der Waals surface area contributed by atoms with Gasteiger partial charge in [0.2, 0.25) is 0 Å². The number of rotatable bonds is 8. The van der Waals surface area contributed by atoms with Crippen LogP contribution >= 0.6 is 0 Å². The van der Waals surface area contributed by atoms with E-state index in [2.05, 4.69) is 184 Å². The van der Waals surface area contributed by atoms with Gasteiger partial charge in [-0.2, -0.15) is 0 Å². The first-order chi connectivity index (χ1) is 23.3. The van der Waals surface area contributed by atoms with Gasteiger partial charge in [-0.15, -0.1) is 0 Å². The summed E-state index contributed by atoms with van der Waals surface area (Å²) in [6, 6.07) is 43.4. The third kappa shape index (κ3) is 5.58. The summed E-state index contributed by atoms with van der Waals surface area (Å²) in [5.41, 5.74) is 12.8. The number of nitrogens with zero attached hydrogens (tertiary/aromatic N) is 2. The quantitative estimate of drug-likeness (QED) is 0.124. The highest BCUT2D eigenvalue weighted by molar-refractivity contribution is 6.27. The Bertz CT molecular complexity index is 2370. The molecule has 3 heteroatoms. The Morgan fingerprint density at radius 3 is 1.85 bits per heavy atom. The maximum Gasteiger partial charge on any atom is 0.162 e. The number of aryl methyl sites for hydroxylation is 3. The third-order valence-electron chi connectivity index (χ3n) is 9.01. The SMILES string of the molecule is C=C/C(C)=C\C=C(/C)N(c1cccc(C)c1)c1c2ccccc2c(N(c2ccc(C)cc2)c2cccc(C)c2)c2c1oc1ccccc12. The molecule has 6 aromatic carbocycles. The molecule has 0 spiro atoms. The molecule has 0 aliphatic rings. The van der Waals surface area contributed by atoms with Crippen LogP contribution in [0.1, 0.15) is 30.5 Å². The Balaban J connectivity index is 1.67. The summed E-state index contributed by atoms with van der Waals surface area (Å²) in [5.74, 6) is 0. The smallest absolute Gasteiger partial charge is 0.162 e. The lowest BCUT2D eigenvalue weighted by atomic mass is 9.97. The Morgan fingerprint density at radius 1 is 0.583 bits per heavy atom. The molecule has 0 bridgehead atoms. The van der Waals surface area contributed by atoms with Crippen LogP contribution in [0.5, 0.6) is 0 Å². The van der Waals surface area contributed by atoms with Crippen molar-refractivity contribution < 1.29 is 4.42 Å². The van der Waals surface area contributed by atoms with Crippen LogP contribution in [0.2, 0.25) is 0 Å². The van der Waals surface area contributed by atoms with Crippen molar-refractivity contribution in [2.24, 2.45) is 0 Å². The lowest BCUT2D eigenvalue weighted by molar-refractivity contribution is 0.669. The second-order valence-electron chi connectivity index (χ2n) is 12.7. The summed E-state index contributed by atoms with van der Waals surface area (Å²) in [7, 11) is 0. The molecule has 0 fully saturated rings. The zero-order chi connectivity index (χ0) is 33.4. The molecular formula is C45H40N2O. The average Bonchev–Trinajstić information content (AvgIpc) is 3.48. The maximum absolute atomic E-state index is 7.00. The van der Waals surface area contributed by atoms with Gasteiger partial charge >= 0.3 is 0 Å². The van der Waals surface area contributed by atoms with Gasteiger partial charge in [-0.1, -0.05) is 109 Å². The van der Waals surface area contributed by atoms with E-state index in [9.17, 15) is 0 Å². The molecule has 0 aliphatic carbocycles. The van der Waals surface area contributed by atoms with Crippen LogP contribution in [-0.4, -0.2) is 0 Å². The van der Waals surface area contributed by atoms with E-state index in [0.717, 1.165) is 72.4 Å². The van der Waals surface area contributed by atoms with Crippen LogP contribution in [0.15, 0.2) is 162 Å². The van der Waals surface area contributed by atoms with E-state index in [1.807, 2.05) is 6.08 Å². The molecule has 0 aliphatic heterocycles. The van der Waals surface area contributed by atoms with Gasteiger partial charge in [0.05, 0.1) is 16.8 Å². The third-order valence-corrected chi connectivity index (χ3v) is 9.01. The molecule has 0 atom stereocenters. The molecule has 236 valence electrons. The van der Waals surface area contributed by atoms with Gasteiger partial charge < -0.3 is 14.2 Å². The summed E-state index contributed by atoms with van der Waals surface area (Å²) in [5, 5.41) is 4.39. The largest absolute Gasteiger partial charge is 0.454 e. The number of fused-ring (bicyclic) bond motifs is 4. The molecule has 0 N–H and O–H groups in total. The van der Waals surface area contributed by atoms with Crippen LogP contribution in [0, 0.1) is 20.8 Å². The molecule has 1 heterocycles. The van der Waals surface area contributed by atoms with Crippen LogP contribution in [0.25, 0.3) is 32.7 Å². The number of para-hydroxylation sites is 1. The van der Waals surface area contributed by atoms with Crippen molar-refractivity contribution in [3.8, 4) is 0 Å². The van der Waals surface area contributed by atoms with E-state index in [0.29, 0.717) is 0 Å². The molecule has 1 aromatic heterocycles. The molecule has 3 nitrogen and oxygen atoms in total. The molecule has 48 heavy (non-hydrogen) atoms. The highest BCUT2D eigenvalue weighted by Crippen LogP contribution is 2.52. The van der Waals surface area contributed by atoms with Crippen LogP contribution < -0.4 is 9.80 Å². The monoisotopic (exact) mass is 624 g/mol. The van der Waals surface area contributed by atoms with Crippen molar-refractivity contribution in [2.45, 2.75) is 34.6 Å². The summed E-state index contributed by atoms with van der Waals surface area (Å²) in [4.78, 5) is 4.75. The molecule has 0 saturated carbocycles. The summed E-state index contributed by atoms with van der Waals surface area (Å²) >= 11 is 0. The first-order valence-electron chi connectivity index (χ1n) is 16.5. The Hall–Kier alpha value is -5.80. The second kappa shape index (κ2) is 12.8. The molecule has 0 amide bonds. The standard InChI is InChI=1S/C45H40N2O/c1-7-30(2)22-25-34(6)46(36-16-12-14-32(4)28-36)44-39-19-9-8-18-38(39)43(42-40-20-10-11-21-41(40)48-45(42)44)47(35-26-23-31(3)24-27-35)37-17-13-15-33(5)29-37/h7-29H,1H2,2-6H3/b30-22-,34-25+. The number of benzene rings is 6. The van der Waals surface area contributed by atoms with Crippen LogP contribution in [-0.2, 0) is 0 Å². The van der Waals surface area contributed by atoms with Crippen molar-refractivity contribution in [2.75, 3.05) is 9.80 Å². The molecule has 7 rings (SSSR count). The highest BCUT2D eigenvalue weighted by Gasteiger charge is 2.29. The van der Waals surface area contributed by atoms with Crippen LogP contribution in [0.4, 0.5) is 28.4 Å². The van der Waals surface area contributed by atoms with Crippen molar-refractivity contribution in [3.63, 3.8) is 0 Å². The number of hydrogen-bond donors (Lipinski definition) is 0. The fourth-order valence-corrected chi connectivity index (χ4v) is 6.59. The zero-order valence-electron chi connectivity index (χ0n) is 28.3. The van der Waals surface area contributed by atoms with E-state index in [4.69, 9.17) is 4.42 Å². The molecule has 7 aromatic rings. The number of hydrogen-bond acceptors (Lipinski definition) is 3. The van der Waals surface area contributed by atoms with Gasteiger partial charge in [-0.05, 0) is 94.3 Å². The van der Waals surface area contributed by atoms with Gasteiger partial charge in [0.1, 0.15) is 5.58 Å². The Labute approximate surface area is 283 Å². The van der Waals surface area contributed by atoms with E-state index in [1.54, 1.807) is 0 Å². The van der Waals surface area contributed by atoms with E-state index in [-0.39, 0.29) is 0 Å². The lowest BCUT2D eigenvalue weighted by Gasteiger charge is -2.32. The Kier molecular flexibility index (Phi) is 8.20. The topological polar surface area (TPSA) is 19.6 Å². The van der Waals surface area contributed by atoms with Crippen molar-refractivity contribution in [3.05, 3.63) is 174 Å². The predicted octanol–water partition coefficient (Wildman–Crippen LogP) is 13.3. The molecular weight excluding hydrogens is 585 g/mol. The van der Waals surface area contributed by atoms with Gasteiger partial charge in [-0.25, -0.2) is 0 Å². The summed E-state index contributed by atoms with van der Waals surface area (Å²) in [6.45, 7) is 14.6. The summed E-state index contributed by atoms with van der Waals surface area (Å²) in [6.07, 6.45) is 6.17. The lowest BCUT2D eigenvalue weighted by Crippen LogP contribution is -2.17. The Morgan fingerprint density at radius 2 is 1.19 bits per heavy atom. The zero-order valence-corrected chi connectivity index (χ0v) is 28.3. The minimum absolute atomic E-state index is 0.841. The van der Waals surface area contributed by atoms with E-state index < -0.39 is 0 Å². The normalized spacial score (nSPS) is 12.2. The molecule has 0 unspecified atom stereocenters. The fraction of sp³-hybridized carbons (Fsp3) is 0.111. The number of anilines is 5. The van der Waals surface area contributed by atoms with Gasteiger partial charge in [0.25, 0.3) is 0 Å². The van der Waals surface area contributed by atoms with E-state index in [1.165, 1.54) is 16.7 Å². The maximum atomic E-state index is 7.00. The van der Waals surface area contributed by atoms with Gasteiger partial charge in [0.15, 0.2) is 5.58 Å². The fourth-order valence-electron chi connectivity index (χ4n) is 6.59. The second-order valence-corrected chi connectivity index (χ2v) is 12.7. The summed E-state index contributed by atoms with van der Waals surface area (Å²) < 4.78 is 7.00. The van der Waals surface area contributed by atoms with Gasteiger partial charge in [0, 0.05) is 38.9 Å². The van der Waals surface area contributed by atoms with E-state index >= 15 is 0 Å². The first-order valence-corrected chi connectivity index (χ1v) is 16.5. The number of allylic oxidation sites excluding steroid dienone is 5. The minimum atomic E-state index is 0.841. The van der Waals surface area contributed by atoms with Crippen molar-refractivity contribution in [1.29, 1.82) is 0 Å². The average molecular weight is 625 g/mol. The predicted molar refractivity (Wildman–Crippen MR) is 206 cm³/mol. The van der Waals surface area contributed by atoms with Crippen LogP contribution in [0.3, 0.4) is 0 Å². The minimum Gasteiger partial charge on any atom is -0.454 e. The van der Waals surface area contributed by atoms with Gasteiger partial charge in [-0.3, -0.25) is 0 Å². The molecule has 0 saturated heterocycles. The first kappa shape index (κ1) is 30.8. The van der Waals surface area contributed by atoms with Crippen molar-refractivity contribution in [1.82, 2.24) is 0 Å².